The molecule has 3 heteroatoms. The highest BCUT2D eigenvalue weighted by molar-refractivity contribution is 5.61. The Bertz CT molecular complexity index is 1860. The molecule has 0 saturated heterocycles. The van der Waals surface area contributed by atoms with Crippen LogP contribution in [-0.2, 0) is 38.5 Å². The van der Waals surface area contributed by atoms with Crippen LogP contribution in [0.15, 0.2) is 128 Å². The van der Waals surface area contributed by atoms with E-state index < -0.39 is 0 Å². The Morgan fingerprint density at radius 3 is 0.889 bits per heavy atom. The van der Waals surface area contributed by atoms with Crippen molar-refractivity contribution in [1.82, 2.24) is 15.0 Å². The van der Waals surface area contributed by atoms with Gasteiger partial charge in [0.05, 0.1) is 17.1 Å². The Kier molecular flexibility index (Phi) is 18.4. The van der Waals surface area contributed by atoms with Gasteiger partial charge in [0.1, 0.15) is 0 Å². The third-order valence-electron chi connectivity index (χ3n) is 9.87. The average molecular weight is 718 g/mol. The molecule has 0 atom stereocenters. The standard InChI is InChI=1S/C18H23N.C17H21N.C16H19N/c1-3-5-6-7-16-8-11-17(12-9-16)18-13-10-15(4-2)14-19-18;1-3-5-6-15-7-10-16(11-8-15)17-12-9-14(4-2)13-18-17;1-3-5-14-6-9-15(10-7-14)16-11-8-13(4-2)12-17-16/h8-14H,3-7H2,1-2H3;7-13H,3-6H2,1-2H3;6-12H,3-5H2,1-2H3. The van der Waals surface area contributed by atoms with Crippen LogP contribution in [-0.4, -0.2) is 15.0 Å². The Labute approximate surface area is 327 Å². The van der Waals surface area contributed by atoms with Crippen molar-refractivity contribution in [2.24, 2.45) is 0 Å². The summed E-state index contributed by atoms with van der Waals surface area (Å²) < 4.78 is 0. The van der Waals surface area contributed by atoms with Gasteiger partial charge >= 0.3 is 0 Å². The molecule has 3 nitrogen and oxygen atoms in total. The van der Waals surface area contributed by atoms with Crippen LogP contribution in [0.3, 0.4) is 0 Å². The lowest BCUT2D eigenvalue weighted by molar-refractivity contribution is 0.717. The fourth-order valence-electron chi connectivity index (χ4n) is 6.19. The molecule has 0 amide bonds. The van der Waals surface area contributed by atoms with Crippen LogP contribution in [0.4, 0.5) is 0 Å². The van der Waals surface area contributed by atoms with Gasteiger partial charge in [-0.05, 0) is 103 Å². The minimum absolute atomic E-state index is 1.04. The van der Waals surface area contributed by atoms with Crippen molar-refractivity contribution in [1.29, 1.82) is 0 Å². The van der Waals surface area contributed by atoms with Gasteiger partial charge in [-0.2, -0.15) is 0 Å². The lowest BCUT2D eigenvalue weighted by Crippen LogP contribution is -1.88. The lowest BCUT2D eigenvalue weighted by atomic mass is 10.0. The fraction of sp³-hybridized carbons (Fsp3) is 0.353. The largest absolute Gasteiger partial charge is 0.256 e. The fourth-order valence-corrected chi connectivity index (χ4v) is 6.19. The van der Waals surface area contributed by atoms with Crippen LogP contribution in [0.5, 0.6) is 0 Å². The molecular weight excluding hydrogens is 655 g/mol. The van der Waals surface area contributed by atoms with E-state index in [2.05, 4.69) is 166 Å². The van der Waals surface area contributed by atoms with Crippen molar-refractivity contribution < 1.29 is 0 Å². The number of aromatic nitrogens is 3. The van der Waals surface area contributed by atoms with Crippen molar-refractivity contribution in [3.8, 4) is 33.8 Å². The van der Waals surface area contributed by atoms with Gasteiger partial charge in [0.25, 0.3) is 0 Å². The van der Waals surface area contributed by atoms with E-state index >= 15 is 0 Å². The monoisotopic (exact) mass is 718 g/mol. The molecular formula is C51H63N3. The molecule has 3 aromatic heterocycles. The molecule has 0 bridgehead atoms. The summed E-state index contributed by atoms with van der Waals surface area (Å²) in [6.07, 6.45) is 20.2. The number of benzene rings is 3. The second-order valence-electron chi connectivity index (χ2n) is 14.1. The quantitative estimate of drug-likeness (QED) is 0.0993. The predicted molar refractivity (Wildman–Crippen MR) is 233 cm³/mol. The SMILES string of the molecule is CCCCCc1ccc(-c2ccc(CC)cn2)cc1.CCCCc1ccc(-c2ccc(CC)cn2)cc1.CCCc1ccc(-c2ccc(CC)cn2)cc1. The van der Waals surface area contributed by atoms with E-state index in [1.54, 1.807) is 0 Å². The second kappa shape index (κ2) is 23.7. The molecule has 6 aromatic rings. The van der Waals surface area contributed by atoms with Gasteiger partial charge < -0.3 is 0 Å². The molecule has 6 rings (SSSR count). The van der Waals surface area contributed by atoms with Gasteiger partial charge in [0.2, 0.25) is 0 Å². The smallest absolute Gasteiger partial charge is 0.0702 e. The van der Waals surface area contributed by atoms with Gasteiger partial charge in [-0.3, -0.25) is 15.0 Å². The highest BCUT2D eigenvalue weighted by atomic mass is 14.7. The second-order valence-corrected chi connectivity index (χ2v) is 14.1. The normalized spacial score (nSPS) is 10.6. The topological polar surface area (TPSA) is 38.7 Å². The molecule has 282 valence electrons. The van der Waals surface area contributed by atoms with Gasteiger partial charge in [-0.15, -0.1) is 0 Å². The van der Waals surface area contributed by atoms with E-state index in [-0.39, 0.29) is 0 Å². The number of hydrogen-bond acceptors (Lipinski definition) is 3. The zero-order chi connectivity index (χ0) is 38.4. The number of aryl methyl sites for hydroxylation is 6. The van der Waals surface area contributed by atoms with Crippen LogP contribution < -0.4 is 0 Å². The minimum atomic E-state index is 1.04. The molecule has 3 heterocycles. The van der Waals surface area contributed by atoms with Gasteiger partial charge in [-0.25, -0.2) is 0 Å². The molecule has 0 fully saturated rings. The highest BCUT2D eigenvalue weighted by Crippen LogP contribution is 2.21. The third-order valence-corrected chi connectivity index (χ3v) is 9.87. The number of hydrogen-bond donors (Lipinski definition) is 0. The van der Waals surface area contributed by atoms with Crippen LogP contribution in [0, 0.1) is 0 Å². The average Bonchev–Trinajstić information content (AvgIpc) is 3.24. The van der Waals surface area contributed by atoms with Crippen LogP contribution in [0.25, 0.3) is 33.8 Å². The summed E-state index contributed by atoms with van der Waals surface area (Å²) in [4.78, 5) is 13.5. The third kappa shape index (κ3) is 13.8. The highest BCUT2D eigenvalue weighted by Gasteiger charge is 2.03. The molecule has 3 aromatic carbocycles. The van der Waals surface area contributed by atoms with E-state index in [1.165, 1.54) is 101 Å². The van der Waals surface area contributed by atoms with E-state index in [9.17, 15) is 0 Å². The van der Waals surface area contributed by atoms with Crippen LogP contribution in [0.2, 0.25) is 0 Å². The first-order chi connectivity index (χ1) is 26.5. The molecule has 0 saturated carbocycles. The molecule has 0 N–H and O–H groups in total. The zero-order valence-electron chi connectivity index (χ0n) is 34.0. The molecule has 0 aliphatic carbocycles. The summed E-state index contributed by atoms with van der Waals surface area (Å²) in [6, 6.07) is 39.2. The molecule has 0 unspecified atom stereocenters. The van der Waals surface area contributed by atoms with Crippen molar-refractivity contribution >= 4 is 0 Å². The molecule has 0 aliphatic rings. The summed E-state index contributed by atoms with van der Waals surface area (Å²) in [5.41, 5.74) is 14.9. The Hall–Kier alpha value is -4.89. The van der Waals surface area contributed by atoms with Crippen molar-refractivity contribution in [2.75, 3.05) is 0 Å². The van der Waals surface area contributed by atoms with E-state index in [0.717, 1.165) is 42.8 Å². The first kappa shape index (κ1) is 41.9. The summed E-state index contributed by atoms with van der Waals surface area (Å²) in [5, 5.41) is 0. The molecule has 0 aliphatic heterocycles. The van der Waals surface area contributed by atoms with Gasteiger partial charge in [0.15, 0.2) is 0 Å². The Morgan fingerprint density at radius 2 is 0.611 bits per heavy atom. The van der Waals surface area contributed by atoms with Crippen molar-refractivity contribution in [2.45, 2.75) is 119 Å². The summed E-state index contributed by atoms with van der Waals surface area (Å²) in [5.74, 6) is 0. The summed E-state index contributed by atoms with van der Waals surface area (Å²) in [6.45, 7) is 13.1. The summed E-state index contributed by atoms with van der Waals surface area (Å²) in [7, 11) is 0. The van der Waals surface area contributed by atoms with Crippen LogP contribution >= 0.6 is 0 Å². The van der Waals surface area contributed by atoms with Crippen LogP contribution in [0.1, 0.15) is 113 Å². The van der Waals surface area contributed by atoms with Gasteiger partial charge in [-0.1, -0.05) is 158 Å². The molecule has 54 heavy (non-hydrogen) atoms. The van der Waals surface area contributed by atoms with E-state index in [0.29, 0.717) is 0 Å². The zero-order valence-corrected chi connectivity index (χ0v) is 34.0. The maximum Gasteiger partial charge on any atom is 0.0702 e. The summed E-state index contributed by atoms with van der Waals surface area (Å²) >= 11 is 0. The van der Waals surface area contributed by atoms with E-state index in [1.807, 2.05) is 18.6 Å². The number of pyridine rings is 3. The maximum absolute atomic E-state index is 4.52. The number of rotatable bonds is 15. The Balaban J connectivity index is 0.000000181. The Morgan fingerprint density at radius 1 is 0.296 bits per heavy atom. The predicted octanol–water partition coefficient (Wildman–Crippen LogP) is 14.0. The van der Waals surface area contributed by atoms with Gasteiger partial charge in [0, 0.05) is 35.3 Å². The molecule has 0 spiro atoms. The van der Waals surface area contributed by atoms with Crippen molar-refractivity contribution in [3.63, 3.8) is 0 Å². The minimum Gasteiger partial charge on any atom is -0.256 e. The first-order valence-electron chi connectivity index (χ1n) is 20.6. The van der Waals surface area contributed by atoms with Crippen molar-refractivity contribution in [3.05, 3.63) is 161 Å². The van der Waals surface area contributed by atoms with E-state index in [4.69, 9.17) is 0 Å². The number of unbranched alkanes of at least 4 members (excludes halogenated alkanes) is 3. The lowest BCUT2D eigenvalue weighted by Gasteiger charge is -2.05. The maximum atomic E-state index is 4.52. The molecule has 0 radical (unpaired) electrons. The number of nitrogens with zero attached hydrogens (tertiary/aromatic N) is 3. The first-order valence-corrected chi connectivity index (χ1v) is 20.6.